The van der Waals surface area contributed by atoms with E-state index in [0.29, 0.717) is 31.5 Å². The largest absolute Gasteiger partial charge is 0.481 e. The fraction of sp³-hybridized carbons (Fsp3) is 0.429. The molecule has 1 fully saturated rings. The van der Waals surface area contributed by atoms with E-state index in [0.717, 1.165) is 8.04 Å². The maximum Gasteiger partial charge on any atom is 0.309 e. The van der Waals surface area contributed by atoms with Crippen molar-refractivity contribution in [2.24, 2.45) is 5.41 Å². The van der Waals surface area contributed by atoms with Gasteiger partial charge in [-0.05, 0) is 76.5 Å². The van der Waals surface area contributed by atoms with Crippen molar-refractivity contribution in [1.29, 1.82) is 0 Å². The molecule has 0 spiro atoms. The first-order valence-corrected chi connectivity index (χ1v) is 8.18. The lowest BCUT2D eigenvalue weighted by atomic mass is 9.80. The number of carboxylic acid groups (broad SMARTS) is 1. The SMILES string of the molecule is CC1(C(=O)O)CCN(C(=O)c2cc(I)ccc2Br)CC1. The average Bonchev–Trinajstić information content (AvgIpc) is 2.41. The Morgan fingerprint density at radius 3 is 2.50 bits per heavy atom. The Bertz CT molecular complexity index is 553. The van der Waals surface area contributed by atoms with Gasteiger partial charge in [-0.3, -0.25) is 9.59 Å². The van der Waals surface area contributed by atoms with Crippen molar-refractivity contribution in [3.05, 3.63) is 31.8 Å². The lowest BCUT2D eigenvalue weighted by Crippen LogP contribution is -2.45. The number of likely N-dealkylation sites (tertiary alicyclic amines) is 1. The average molecular weight is 452 g/mol. The van der Waals surface area contributed by atoms with E-state index in [9.17, 15) is 14.7 Å². The molecule has 20 heavy (non-hydrogen) atoms. The van der Waals surface area contributed by atoms with Crippen LogP contribution in [0.25, 0.3) is 0 Å². The van der Waals surface area contributed by atoms with Gasteiger partial charge < -0.3 is 10.0 Å². The lowest BCUT2D eigenvalue weighted by molar-refractivity contribution is -0.150. The maximum atomic E-state index is 12.5. The number of nitrogens with zero attached hydrogens (tertiary/aromatic N) is 1. The lowest BCUT2D eigenvalue weighted by Gasteiger charge is -2.36. The van der Waals surface area contributed by atoms with Gasteiger partial charge in [0.1, 0.15) is 0 Å². The molecule has 1 aromatic carbocycles. The van der Waals surface area contributed by atoms with E-state index >= 15 is 0 Å². The summed E-state index contributed by atoms with van der Waals surface area (Å²) in [5.74, 6) is -0.817. The molecule has 1 heterocycles. The molecule has 0 aromatic heterocycles. The molecule has 108 valence electrons. The number of halogens is 2. The van der Waals surface area contributed by atoms with E-state index in [-0.39, 0.29) is 5.91 Å². The fourth-order valence-corrected chi connectivity index (χ4v) is 3.16. The number of aliphatic carboxylic acids is 1. The van der Waals surface area contributed by atoms with Gasteiger partial charge in [0.2, 0.25) is 0 Å². The normalized spacial score (nSPS) is 17.9. The molecule has 0 saturated carbocycles. The van der Waals surface area contributed by atoms with Crippen molar-refractivity contribution in [1.82, 2.24) is 4.90 Å². The van der Waals surface area contributed by atoms with Crippen LogP contribution in [0, 0.1) is 8.99 Å². The second kappa shape index (κ2) is 6.01. The molecular formula is C14H15BrINO3. The van der Waals surface area contributed by atoms with Gasteiger partial charge in [-0.1, -0.05) is 0 Å². The Morgan fingerprint density at radius 2 is 1.95 bits per heavy atom. The fourth-order valence-electron chi connectivity index (χ4n) is 2.25. The summed E-state index contributed by atoms with van der Waals surface area (Å²) in [6, 6.07) is 5.64. The van der Waals surface area contributed by atoms with E-state index in [2.05, 4.69) is 38.5 Å². The number of rotatable bonds is 2. The second-order valence-electron chi connectivity index (χ2n) is 5.28. The molecule has 1 saturated heterocycles. The summed E-state index contributed by atoms with van der Waals surface area (Å²) in [6.07, 6.45) is 0.991. The van der Waals surface area contributed by atoms with Gasteiger partial charge >= 0.3 is 5.97 Å². The Hall–Kier alpha value is -0.630. The zero-order valence-corrected chi connectivity index (χ0v) is 14.8. The summed E-state index contributed by atoms with van der Waals surface area (Å²) in [6.45, 7) is 2.72. The third kappa shape index (κ3) is 3.16. The van der Waals surface area contributed by atoms with E-state index in [1.165, 1.54) is 0 Å². The van der Waals surface area contributed by atoms with Crippen LogP contribution in [-0.2, 0) is 4.79 Å². The standard InChI is InChI=1S/C14H15BrINO3/c1-14(13(19)20)4-6-17(7-5-14)12(18)10-8-9(16)2-3-11(10)15/h2-3,8H,4-7H2,1H3,(H,19,20). The van der Waals surface area contributed by atoms with Crippen LogP contribution in [-0.4, -0.2) is 35.0 Å². The third-order valence-electron chi connectivity index (χ3n) is 3.83. The van der Waals surface area contributed by atoms with Crippen LogP contribution < -0.4 is 0 Å². The molecule has 0 radical (unpaired) electrons. The molecule has 0 atom stereocenters. The number of carbonyl (C=O) groups is 2. The molecular weight excluding hydrogens is 437 g/mol. The molecule has 2 rings (SSSR count). The van der Waals surface area contributed by atoms with Crippen molar-refractivity contribution in [3.63, 3.8) is 0 Å². The van der Waals surface area contributed by atoms with Crippen molar-refractivity contribution in [2.75, 3.05) is 13.1 Å². The van der Waals surface area contributed by atoms with E-state index in [1.54, 1.807) is 11.8 Å². The number of benzene rings is 1. The number of hydrogen-bond donors (Lipinski definition) is 1. The summed E-state index contributed by atoms with van der Waals surface area (Å²) in [4.78, 5) is 25.4. The van der Waals surface area contributed by atoms with E-state index in [4.69, 9.17) is 0 Å². The number of carbonyl (C=O) groups excluding carboxylic acids is 1. The highest BCUT2D eigenvalue weighted by Gasteiger charge is 2.38. The molecule has 4 nitrogen and oxygen atoms in total. The zero-order valence-electron chi connectivity index (χ0n) is 11.0. The molecule has 0 bridgehead atoms. The Morgan fingerprint density at radius 1 is 1.35 bits per heavy atom. The van der Waals surface area contributed by atoms with Crippen LogP contribution in [0.2, 0.25) is 0 Å². The molecule has 0 aliphatic carbocycles. The molecule has 1 aliphatic rings. The summed E-state index contributed by atoms with van der Waals surface area (Å²) < 4.78 is 1.77. The first-order valence-electron chi connectivity index (χ1n) is 6.31. The Balaban J connectivity index is 2.13. The number of carboxylic acids is 1. The molecule has 1 aromatic rings. The second-order valence-corrected chi connectivity index (χ2v) is 7.38. The van der Waals surface area contributed by atoms with Gasteiger partial charge in [0.05, 0.1) is 11.0 Å². The van der Waals surface area contributed by atoms with Gasteiger partial charge in [-0.15, -0.1) is 0 Å². The van der Waals surface area contributed by atoms with Crippen molar-refractivity contribution < 1.29 is 14.7 Å². The summed E-state index contributed by atoms with van der Waals surface area (Å²) in [5, 5.41) is 9.21. The smallest absolute Gasteiger partial charge is 0.309 e. The zero-order chi connectivity index (χ0) is 14.9. The predicted octanol–water partition coefficient (Wildman–Crippen LogP) is 3.38. The minimum absolute atomic E-state index is 0.0390. The molecule has 1 aliphatic heterocycles. The highest BCUT2D eigenvalue weighted by Crippen LogP contribution is 2.32. The van der Waals surface area contributed by atoms with Gasteiger partial charge in [0.25, 0.3) is 5.91 Å². The minimum Gasteiger partial charge on any atom is -0.481 e. The molecule has 6 heteroatoms. The van der Waals surface area contributed by atoms with Crippen LogP contribution in [0.3, 0.4) is 0 Å². The van der Waals surface area contributed by atoms with Crippen LogP contribution >= 0.6 is 38.5 Å². The first kappa shape index (κ1) is 15.8. The summed E-state index contributed by atoms with van der Waals surface area (Å²) in [5.41, 5.74) is -0.0742. The highest BCUT2D eigenvalue weighted by molar-refractivity contribution is 14.1. The Kier molecular flexibility index (Phi) is 4.73. The van der Waals surface area contributed by atoms with Gasteiger partial charge in [-0.2, -0.15) is 0 Å². The van der Waals surface area contributed by atoms with Gasteiger partial charge in [0, 0.05) is 21.1 Å². The number of amides is 1. The summed E-state index contributed by atoms with van der Waals surface area (Å²) >= 11 is 5.57. The summed E-state index contributed by atoms with van der Waals surface area (Å²) in [7, 11) is 0. The van der Waals surface area contributed by atoms with Crippen LogP contribution in [0.1, 0.15) is 30.1 Å². The van der Waals surface area contributed by atoms with E-state index in [1.807, 2.05) is 18.2 Å². The maximum absolute atomic E-state index is 12.5. The van der Waals surface area contributed by atoms with Crippen molar-refractivity contribution >= 4 is 50.4 Å². The first-order chi connectivity index (χ1) is 9.33. The van der Waals surface area contributed by atoms with Gasteiger partial charge in [0.15, 0.2) is 0 Å². The van der Waals surface area contributed by atoms with Crippen LogP contribution in [0.5, 0.6) is 0 Å². The van der Waals surface area contributed by atoms with E-state index < -0.39 is 11.4 Å². The number of piperidine rings is 1. The Labute approximate surface area is 139 Å². The third-order valence-corrected chi connectivity index (χ3v) is 5.19. The molecule has 1 N–H and O–H groups in total. The van der Waals surface area contributed by atoms with Crippen LogP contribution in [0.4, 0.5) is 0 Å². The molecule has 0 unspecified atom stereocenters. The topological polar surface area (TPSA) is 57.6 Å². The quantitative estimate of drug-likeness (QED) is 0.701. The molecule has 1 amide bonds. The van der Waals surface area contributed by atoms with Gasteiger partial charge in [-0.25, -0.2) is 0 Å². The van der Waals surface area contributed by atoms with Crippen molar-refractivity contribution in [3.8, 4) is 0 Å². The van der Waals surface area contributed by atoms with Crippen LogP contribution in [0.15, 0.2) is 22.7 Å². The predicted molar refractivity (Wildman–Crippen MR) is 87.7 cm³/mol. The number of hydrogen-bond acceptors (Lipinski definition) is 2. The highest BCUT2D eigenvalue weighted by atomic mass is 127. The monoisotopic (exact) mass is 451 g/mol. The van der Waals surface area contributed by atoms with Crippen molar-refractivity contribution in [2.45, 2.75) is 19.8 Å². The minimum atomic E-state index is -0.778.